The highest BCUT2D eigenvalue weighted by Crippen LogP contribution is 2.30. The Labute approximate surface area is 177 Å². The van der Waals surface area contributed by atoms with Gasteiger partial charge in [0.15, 0.2) is 0 Å². The Morgan fingerprint density at radius 1 is 1.03 bits per heavy atom. The molecule has 0 aliphatic carbocycles. The lowest BCUT2D eigenvalue weighted by Crippen LogP contribution is -2.38. The summed E-state index contributed by atoms with van der Waals surface area (Å²) in [4.78, 5) is 39.8. The number of benzene rings is 2. The number of nitrogens with one attached hydrogen (secondary N) is 2. The Morgan fingerprint density at radius 2 is 1.77 bits per heavy atom. The van der Waals surface area contributed by atoms with E-state index in [0.717, 1.165) is 20.2 Å². The summed E-state index contributed by atoms with van der Waals surface area (Å²) in [6, 6.07) is 20.3. The molecule has 1 aliphatic rings. The summed E-state index contributed by atoms with van der Waals surface area (Å²) in [5, 5.41) is 5.22. The zero-order valence-corrected chi connectivity index (χ0v) is 17.0. The van der Waals surface area contributed by atoms with Gasteiger partial charge in [-0.2, -0.15) is 0 Å². The van der Waals surface area contributed by atoms with Crippen molar-refractivity contribution < 1.29 is 14.4 Å². The molecule has 150 valence electrons. The van der Waals surface area contributed by atoms with Crippen molar-refractivity contribution in [3.05, 3.63) is 82.9 Å². The van der Waals surface area contributed by atoms with Gasteiger partial charge in [-0.3, -0.25) is 9.59 Å². The molecular weight excluding hydrogens is 398 g/mol. The Bertz CT molecular complexity index is 1130. The van der Waals surface area contributed by atoms with Crippen LogP contribution in [0.25, 0.3) is 16.5 Å². The fourth-order valence-electron chi connectivity index (χ4n) is 3.03. The number of urea groups is 1. The van der Waals surface area contributed by atoms with Gasteiger partial charge in [0, 0.05) is 15.4 Å². The second kappa shape index (κ2) is 8.34. The molecular formula is C23H19N3O3S. The first-order chi connectivity index (χ1) is 14.5. The van der Waals surface area contributed by atoms with E-state index in [-0.39, 0.29) is 12.2 Å². The maximum atomic E-state index is 12.6. The number of para-hydroxylation sites is 1. The Kier molecular flexibility index (Phi) is 5.45. The fourth-order valence-corrected chi connectivity index (χ4v) is 3.98. The lowest BCUT2D eigenvalue weighted by Gasteiger charge is -2.11. The van der Waals surface area contributed by atoms with Crippen LogP contribution >= 0.6 is 11.3 Å². The molecule has 0 unspecified atom stereocenters. The van der Waals surface area contributed by atoms with Crippen LogP contribution in [0, 0.1) is 6.92 Å². The molecule has 1 aliphatic heterocycles. The van der Waals surface area contributed by atoms with Gasteiger partial charge >= 0.3 is 6.03 Å². The second-order valence-corrected chi connectivity index (χ2v) is 7.98. The molecule has 0 bridgehead atoms. The molecule has 0 saturated carbocycles. The zero-order chi connectivity index (χ0) is 21.1. The largest absolute Gasteiger partial charge is 0.329 e. The number of rotatable bonds is 5. The van der Waals surface area contributed by atoms with Crippen LogP contribution in [0.3, 0.4) is 0 Å². The first-order valence-electron chi connectivity index (χ1n) is 9.36. The second-order valence-electron chi connectivity index (χ2n) is 6.86. The number of carbonyl (C=O) groups excluding carboxylic acids is 3. The van der Waals surface area contributed by atoms with Crippen LogP contribution < -0.4 is 10.6 Å². The van der Waals surface area contributed by atoms with E-state index in [1.807, 2.05) is 49.4 Å². The summed E-state index contributed by atoms with van der Waals surface area (Å²) in [5.74, 6) is -0.961. The maximum Gasteiger partial charge on any atom is 0.329 e. The first kappa shape index (κ1) is 19.6. The van der Waals surface area contributed by atoms with Crippen LogP contribution in [0.1, 0.15) is 10.4 Å². The van der Waals surface area contributed by atoms with E-state index < -0.39 is 17.8 Å². The number of thiophene rings is 1. The molecule has 4 amide bonds. The van der Waals surface area contributed by atoms with Crippen molar-refractivity contribution in [3.8, 4) is 10.4 Å². The highest BCUT2D eigenvalue weighted by molar-refractivity contribution is 7.16. The van der Waals surface area contributed by atoms with Gasteiger partial charge in [0.1, 0.15) is 12.2 Å². The number of nitrogens with zero attached hydrogens (tertiary/aromatic N) is 1. The monoisotopic (exact) mass is 417 g/mol. The highest BCUT2D eigenvalue weighted by atomic mass is 32.1. The van der Waals surface area contributed by atoms with E-state index in [4.69, 9.17) is 0 Å². The van der Waals surface area contributed by atoms with Crippen molar-refractivity contribution in [1.29, 1.82) is 0 Å². The molecule has 4 rings (SSSR count). The molecule has 1 fully saturated rings. The van der Waals surface area contributed by atoms with E-state index in [1.54, 1.807) is 30.3 Å². The smallest absolute Gasteiger partial charge is 0.325 e. The van der Waals surface area contributed by atoms with E-state index >= 15 is 0 Å². The molecule has 2 aromatic carbocycles. The predicted octanol–water partition coefficient (Wildman–Crippen LogP) is 4.25. The van der Waals surface area contributed by atoms with Gasteiger partial charge < -0.3 is 10.6 Å². The van der Waals surface area contributed by atoms with Gasteiger partial charge in [-0.15, -0.1) is 11.3 Å². The number of carbonyl (C=O) groups is 3. The number of imide groups is 1. The average Bonchev–Trinajstić information content (AvgIpc) is 3.30. The van der Waals surface area contributed by atoms with Crippen LogP contribution in [0.15, 0.2) is 72.4 Å². The Balaban J connectivity index is 1.45. The zero-order valence-electron chi connectivity index (χ0n) is 16.2. The molecule has 2 heterocycles. The van der Waals surface area contributed by atoms with Gasteiger partial charge in [-0.25, -0.2) is 9.69 Å². The molecule has 30 heavy (non-hydrogen) atoms. The minimum atomic E-state index is -0.607. The standard InChI is InChI=1S/C23H19N3O3S/c1-15-7-9-16(10-8-15)20-12-11-18(30-20)13-19-22(28)26(23(29)25-19)14-21(27)24-17-5-3-2-4-6-17/h2-13H,14H2,1H3,(H,24,27)(H,25,29). The fraction of sp³-hybridized carbons (Fsp3) is 0.0870. The predicted molar refractivity (Wildman–Crippen MR) is 118 cm³/mol. The minimum Gasteiger partial charge on any atom is -0.325 e. The molecule has 0 spiro atoms. The van der Waals surface area contributed by atoms with Crippen molar-refractivity contribution in [2.45, 2.75) is 6.92 Å². The molecule has 0 atom stereocenters. The molecule has 3 aromatic rings. The Hall–Kier alpha value is -3.71. The third kappa shape index (κ3) is 4.31. The molecule has 6 nitrogen and oxygen atoms in total. The van der Waals surface area contributed by atoms with E-state index in [1.165, 1.54) is 16.9 Å². The van der Waals surface area contributed by atoms with Crippen molar-refractivity contribution in [2.75, 3.05) is 11.9 Å². The third-order valence-electron chi connectivity index (χ3n) is 4.57. The summed E-state index contributed by atoms with van der Waals surface area (Å²) in [6.07, 6.45) is 1.64. The molecule has 7 heteroatoms. The third-order valence-corrected chi connectivity index (χ3v) is 5.65. The van der Waals surface area contributed by atoms with Crippen molar-refractivity contribution in [1.82, 2.24) is 10.2 Å². The topological polar surface area (TPSA) is 78.5 Å². The van der Waals surface area contributed by atoms with Crippen LogP contribution in [0.2, 0.25) is 0 Å². The number of hydrogen-bond donors (Lipinski definition) is 2. The van der Waals surface area contributed by atoms with Gasteiger partial charge in [0.2, 0.25) is 5.91 Å². The van der Waals surface area contributed by atoms with Gasteiger partial charge in [0.05, 0.1) is 0 Å². The SMILES string of the molecule is Cc1ccc(-c2ccc(C=C3NC(=O)N(CC(=O)Nc4ccccc4)C3=O)s2)cc1. The number of anilines is 1. The van der Waals surface area contributed by atoms with Gasteiger partial charge in [-0.05, 0) is 42.8 Å². The number of amides is 4. The van der Waals surface area contributed by atoms with Crippen LogP contribution in [-0.2, 0) is 9.59 Å². The van der Waals surface area contributed by atoms with Gasteiger partial charge in [-0.1, -0.05) is 48.0 Å². The maximum absolute atomic E-state index is 12.6. The summed E-state index contributed by atoms with van der Waals surface area (Å²) >= 11 is 1.52. The van der Waals surface area contributed by atoms with Crippen LogP contribution in [-0.4, -0.2) is 29.3 Å². The van der Waals surface area contributed by atoms with Crippen LogP contribution in [0.5, 0.6) is 0 Å². The molecule has 1 aromatic heterocycles. The molecule has 1 saturated heterocycles. The Morgan fingerprint density at radius 3 is 2.50 bits per heavy atom. The van der Waals surface area contributed by atoms with E-state index in [9.17, 15) is 14.4 Å². The summed E-state index contributed by atoms with van der Waals surface area (Å²) < 4.78 is 0. The molecule has 0 radical (unpaired) electrons. The van der Waals surface area contributed by atoms with E-state index in [0.29, 0.717) is 5.69 Å². The highest BCUT2D eigenvalue weighted by Gasteiger charge is 2.35. The van der Waals surface area contributed by atoms with Gasteiger partial charge in [0.25, 0.3) is 5.91 Å². The average molecular weight is 417 g/mol. The van der Waals surface area contributed by atoms with Crippen molar-refractivity contribution in [3.63, 3.8) is 0 Å². The summed E-state index contributed by atoms with van der Waals surface area (Å²) in [5.41, 5.74) is 3.04. The minimum absolute atomic E-state index is 0.157. The number of aryl methyl sites for hydroxylation is 1. The lowest BCUT2D eigenvalue weighted by molar-refractivity contribution is -0.127. The summed E-state index contributed by atoms with van der Waals surface area (Å²) in [6.45, 7) is 1.68. The quantitative estimate of drug-likeness (QED) is 0.481. The first-order valence-corrected chi connectivity index (χ1v) is 10.2. The normalized spacial score (nSPS) is 14.8. The number of hydrogen-bond acceptors (Lipinski definition) is 4. The van der Waals surface area contributed by atoms with Crippen molar-refractivity contribution >= 4 is 40.9 Å². The molecule has 2 N–H and O–H groups in total. The van der Waals surface area contributed by atoms with Crippen LogP contribution in [0.4, 0.5) is 10.5 Å². The van der Waals surface area contributed by atoms with Crippen molar-refractivity contribution in [2.24, 2.45) is 0 Å². The summed E-state index contributed by atoms with van der Waals surface area (Å²) in [7, 11) is 0. The van der Waals surface area contributed by atoms with E-state index in [2.05, 4.69) is 10.6 Å². The lowest BCUT2D eigenvalue weighted by atomic mass is 10.1.